The first-order chi connectivity index (χ1) is 12.8. The average Bonchev–Trinajstić information content (AvgIpc) is 3.02. The number of rotatable bonds is 6. The molecule has 2 heterocycles. The number of aliphatic imine (C=N–C) groups is 1. The van der Waals surface area contributed by atoms with E-state index in [1.54, 1.807) is 12.4 Å². The van der Waals surface area contributed by atoms with E-state index in [2.05, 4.69) is 30.9 Å². The average molecular weight is 371 g/mol. The number of pyridine rings is 1. The summed E-state index contributed by atoms with van der Waals surface area (Å²) in [4.78, 5) is 25.1. The highest BCUT2D eigenvalue weighted by Gasteiger charge is 2.13. The van der Waals surface area contributed by atoms with Gasteiger partial charge in [-0.3, -0.25) is 9.36 Å². The summed E-state index contributed by atoms with van der Waals surface area (Å²) < 4.78 is 1.92. The van der Waals surface area contributed by atoms with Crippen molar-refractivity contribution in [1.29, 1.82) is 0 Å². The van der Waals surface area contributed by atoms with Crippen molar-refractivity contribution in [1.82, 2.24) is 30.5 Å². The Morgan fingerprint density at radius 2 is 2.00 bits per heavy atom. The molecule has 1 amide bonds. The van der Waals surface area contributed by atoms with Gasteiger partial charge in [-0.2, -0.15) is 0 Å². The Hall–Kier alpha value is -2.90. The SMILES string of the molecule is CCNC(=NCc1ccc(-n2ccnc2C)nc1)NCC(=O)NC(C)(C)C. The number of hydrogen-bond donors (Lipinski definition) is 3. The van der Waals surface area contributed by atoms with Gasteiger partial charge in [-0.05, 0) is 46.2 Å². The number of nitrogens with one attached hydrogen (secondary N) is 3. The predicted octanol–water partition coefficient (Wildman–Crippen LogP) is 1.55. The smallest absolute Gasteiger partial charge is 0.239 e. The predicted molar refractivity (Wildman–Crippen MR) is 107 cm³/mol. The van der Waals surface area contributed by atoms with Crippen molar-refractivity contribution in [2.45, 2.75) is 46.7 Å². The van der Waals surface area contributed by atoms with Crippen LogP contribution in [-0.4, -0.2) is 45.0 Å². The Morgan fingerprint density at radius 3 is 2.56 bits per heavy atom. The maximum absolute atomic E-state index is 11.9. The number of hydrogen-bond acceptors (Lipinski definition) is 4. The number of aromatic nitrogens is 3. The Bertz CT molecular complexity index is 772. The minimum Gasteiger partial charge on any atom is -0.357 e. The van der Waals surface area contributed by atoms with Gasteiger partial charge < -0.3 is 16.0 Å². The fraction of sp³-hybridized carbons (Fsp3) is 0.474. The third-order valence-corrected chi connectivity index (χ3v) is 3.58. The highest BCUT2D eigenvalue weighted by atomic mass is 16.2. The van der Waals surface area contributed by atoms with Crippen LogP contribution in [0.15, 0.2) is 35.7 Å². The van der Waals surface area contributed by atoms with Crippen molar-refractivity contribution in [2.24, 2.45) is 4.99 Å². The summed E-state index contributed by atoms with van der Waals surface area (Å²) in [5.41, 5.74) is 0.725. The monoisotopic (exact) mass is 371 g/mol. The lowest BCUT2D eigenvalue weighted by Gasteiger charge is -2.21. The molecule has 2 rings (SSSR count). The van der Waals surface area contributed by atoms with Crippen LogP contribution in [0.1, 0.15) is 39.1 Å². The van der Waals surface area contributed by atoms with Gasteiger partial charge in [0.2, 0.25) is 5.91 Å². The maximum atomic E-state index is 11.9. The minimum absolute atomic E-state index is 0.0742. The topological polar surface area (TPSA) is 96.2 Å². The van der Waals surface area contributed by atoms with Gasteiger partial charge >= 0.3 is 0 Å². The number of amides is 1. The van der Waals surface area contributed by atoms with Gasteiger partial charge in [-0.15, -0.1) is 0 Å². The van der Waals surface area contributed by atoms with E-state index >= 15 is 0 Å². The van der Waals surface area contributed by atoms with Crippen molar-refractivity contribution in [2.75, 3.05) is 13.1 Å². The van der Waals surface area contributed by atoms with Crippen LogP contribution in [0, 0.1) is 6.92 Å². The fourth-order valence-corrected chi connectivity index (χ4v) is 2.41. The summed E-state index contributed by atoms with van der Waals surface area (Å²) in [6.07, 6.45) is 5.43. The van der Waals surface area contributed by atoms with Crippen molar-refractivity contribution in [3.8, 4) is 5.82 Å². The molecule has 0 aromatic carbocycles. The summed E-state index contributed by atoms with van der Waals surface area (Å²) >= 11 is 0. The quantitative estimate of drug-likeness (QED) is 0.529. The van der Waals surface area contributed by atoms with Crippen molar-refractivity contribution in [3.05, 3.63) is 42.1 Å². The zero-order valence-electron chi connectivity index (χ0n) is 16.7. The molecule has 0 aliphatic rings. The molecule has 8 heteroatoms. The lowest BCUT2D eigenvalue weighted by atomic mass is 10.1. The highest BCUT2D eigenvalue weighted by molar-refractivity contribution is 5.86. The normalized spacial score (nSPS) is 12.0. The maximum Gasteiger partial charge on any atom is 0.239 e. The second kappa shape index (κ2) is 9.16. The lowest BCUT2D eigenvalue weighted by Crippen LogP contribution is -2.48. The highest BCUT2D eigenvalue weighted by Crippen LogP contribution is 2.09. The zero-order valence-corrected chi connectivity index (χ0v) is 16.7. The van der Waals surface area contributed by atoms with Gasteiger partial charge in [-0.1, -0.05) is 6.07 Å². The molecule has 0 saturated heterocycles. The molecule has 0 radical (unpaired) electrons. The van der Waals surface area contributed by atoms with Gasteiger partial charge in [-0.25, -0.2) is 15.0 Å². The van der Waals surface area contributed by atoms with Crippen LogP contribution in [0.25, 0.3) is 5.82 Å². The van der Waals surface area contributed by atoms with Crippen LogP contribution < -0.4 is 16.0 Å². The van der Waals surface area contributed by atoms with Crippen molar-refractivity contribution >= 4 is 11.9 Å². The van der Waals surface area contributed by atoms with Gasteiger partial charge in [0.15, 0.2) is 5.96 Å². The first-order valence-electron chi connectivity index (χ1n) is 9.07. The van der Waals surface area contributed by atoms with Crippen LogP contribution >= 0.6 is 0 Å². The molecule has 0 unspecified atom stereocenters. The van der Waals surface area contributed by atoms with Crippen LogP contribution in [-0.2, 0) is 11.3 Å². The Balaban J connectivity index is 1.95. The molecule has 0 spiro atoms. The molecule has 27 heavy (non-hydrogen) atoms. The first-order valence-corrected chi connectivity index (χ1v) is 9.07. The molecule has 0 aliphatic carbocycles. The number of carbonyl (C=O) groups is 1. The van der Waals surface area contributed by atoms with Crippen LogP contribution in [0.4, 0.5) is 0 Å². The molecule has 2 aromatic rings. The molecule has 146 valence electrons. The molecular formula is C19H29N7O. The minimum atomic E-state index is -0.255. The van der Waals surface area contributed by atoms with E-state index in [0.29, 0.717) is 19.0 Å². The summed E-state index contributed by atoms with van der Waals surface area (Å²) in [5, 5.41) is 9.10. The molecule has 8 nitrogen and oxygen atoms in total. The molecule has 0 saturated carbocycles. The Kier molecular flexibility index (Phi) is 6.92. The van der Waals surface area contributed by atoms with Crippen LogP contribution in [0.3, 0.4) is 0 Å². The fourth-order valence-electron chi connectivity index (χ4n) is 2.41. The number of carbonyl (C=O) groups excluding carboxylic acids is 1. The summed E-state index contributed by atoms with van der Waals surface area (Å²) in [6.45, 7) is 11.1. The third kappa shape index (κ3) is 6.73. The van der Waals surface area contributed by atoms with E-state index in [4.69, 9.17) is 0 Å². The molecule has 0 atom stereocenters. The van der Waals surface area contributed by atoms with E-state index in [-0.39, 0.29) is 18.0 Å². The van der Waals surface area contributed by atoms with E-state index in [9.17, 15) is 4.79 Å². The third-order valence-electron chi connectivity index (χ3n) is 3.58. The second-order valence-electron chi connectivity index (χ2n) is 7.22. The molecule has 0 aliphatic heterocycles. The van der Waals surface area contributed by atoms with Crippen LogP contribution in [0.5, 0.6) is 0 Å². The molecular weight excluding hydrogens is 342 g/mol. The second-order valence-corrected chi connectivity index (χ2v) is 7.22. The number of nitrogens with zero attached hydrogens (tertiary/aromatic N) is 4. The molecule has 3 N–H and O–H groups in total. The summed E-state index contributed by atoms with van der Waals surface area (Å²) in [7, 11) is 0. The van der Waals surface area contributed by atoms with Gasteiger partial charge in [0.05, 0.1) is 13.1 Å². The largest absolute Gasteiger partial charge is 0.357 e. The molecule has 0 bridgehead atoms. The van der Waals surface area contributed by atoms with E-state index in [0.717, 1.165) is 17.2 Å². The zero-order chi connectivity index (χ0) is 19.9. The van der Waals surface area contributed by atoms with Gasteiger partial charge in [0, 0.05) is 30.7 Å². The first kappa shape index (κ1) is 20.4. The van der Waals surface area contributed by atoms with Gasteiger partial charge in [0.25, 0.3) is 0 Å². The van der Waals surface area contributed by atoms with E-state index < -0.39 is 0 Å². The number of aryl methyl sites for hydroxylation is 1. The lowest BCUT2D eigenvalue weighted by molar-refractivity contribution is -0.121. The Labute approximate surface area is 160 Å². The van der Waals surface area contributed by atoms with Crippen LogP contribution in [0.2, 0.25) is 0 Å². The standard InChI is InChI=1S/C19H29N7O/c1-6-20-18(24-13-17(27)25-19(3,4)5)23-12-15-7-8-16(22-11-15)26-10-9-21-14(26)2/h7-11H,6,12-13H2,1-5H3,(H,25,27)(H2,20,23,24). The Morgan fingerprint density at radius 1 is 1.22 bits per heavy atom. The summed E-state index contributed by atoms with van der Waals surface area (Å²) in [5.74, 6) is 2.23. The number of guanidine groups is 1. The summed E-state index contributed by atoms with van der Waals surface area (Å²) in [6, 6.07) is 3.93. The molecule has 2 aromatic heterocycles. The van der Waals surface area contributed by atoms with Gasteiger partial charge in [0.1, 0.15) is 11.6 Å². The number of imidazole rings is 1. The molecule has 0 fully saturated rings. The van der Waals surface area contributed by atoms with Crippen molar-refractivity contribution in [3.63, 3.8) is 0 Å². The van der Waals surface area contributed by atoms with E-state index in [1.165, 1.54) is 0 Å². The van der Waals surface area contributed by atoms with Crippen molar-refractivity contribution < 1.29 is 4.79 Å². The van der Waals surface area contributed by atoms with E-state index in [1.807, 2.05) is 57.5 Å².